The van der Waals surface area contributed by atoms with Crippen molar-refractivity contribution in [2.75, 3.05) is 20.7 Å². The van der Waals surface area contributed by atoms with Gasteiger partial charge in [-0.15, -0.1) is 0 Å². The van der Waals surface area contributed by atoms with Crippen molar-refractivity contribution in [3.63, 3.8) is 0 Å². The van der Waals surface area contributed by atoms with Crippen LogP contribution in [0.15, 0.2) is 12.2 Å². The van der Waals surface area contributed by atoms with Gasteiger partial charge in [0.1, 0.15) is 0 Å². The Hall–Kier alpha value is -0.830. The van der Waals surface area contributed by atoms with Crippen LogP contribution in [0.4, 0.5) is 0 Å². The van der Waals surface area contributed by atoms with Crippen LogP contribution in [-0.2, 0) is 9.53 Å². The molecule has 0 radical (unpaired) electrons. The summed E-state index contributed by atoms with van der Waals surface area (Å²) in [7, 11) is 4.50. The fourth-order valence-corrected chi connectivity index (χ4v) is 3.99. The molecule has 3 heteroatoms. The van der Waals surface area contributed by atoms with Crippen LogP contribution < -0.4 is 0 Å². The van der Waals surface area contributed by atoms with Crippen LogP contribution in [0.3, 0.4) is 0 Å². The molecule has 0 heterocycles. The number of unbranched alkanes of at least 4 members (excludes halogenated alkanes) is 12. The summed E-state index contributed by atoms with van der Waals surface area (Å²) in [5, 5.41) is 0. The van der Waals surface area contributed by atoms with Gasteiger partial charge in [-0.25, -0.2) is 0 Å². The van der Waals surface area contributed by atoms with Gasteiger partial charge in [-0.3, -0.25) is 4.79 Å². The highest BCUT2D eigenvalue weighted by molar-refractivity contribution is 5.69. The molecule has 178 valence electrons. The number of ether oxygens (including phenoxy) is 1. The number of hydrogen-bond donors (Lipinski definition) is 0. The van der Waals surface area contributed by atoms with Crippen molar-refractivity contribution in [1.29, 1.82) is 0 Å². The number of hydrogen-bond acceptors (Lipinski definition) is 3. The number of allylic oxidation sites excluding steroid dienone is 2. The summed E-state index contributed by atoms with van der Waals surface area (Å²) in [6.07, 6.45) is 27.5. The Morgan fingerprint density at radius 3 is 1.77 bits per heavy atom. The van der Waals surface area contributed by atoms with Gasteiger partial charge < -0.3 is 9.64 Å². The topological polar surface area (TPSA) is 29.5 Å². The number of rotatable bonds is 22. The molecule has 0 saturated heterocycles. The summed E-state index contributed by atoms with van der Waals surface area (Å²) in [5.41, 5.74) is 0. The van der Waals surface area contributed by atoms with Crippen LogP contribution in [0.25, 0.3) is 0 Å². The number of carbonyl (C=O) groups is 1. The van der Waals surface area contributed by atoms with Gasteiger partial charge in [0.25, 0.3) is 0 Å². The molecule has 3 nitrogen and oxygen atoms in total. The zero-order valence-electron chi connectivity index (χ0n) is 20.9. The number of nitrogens with zero attached hydrogens (tertiary/aromatic N) is 1. The van der Waals surface area contributed by atoms with Crippen LogP contribution in [-0.4, -0.2) is 37.6 Å². The summed E-state index contributed by atoms with van der Waals surface area (Å²) in [6.45, 7) is 4.65. The van der Waals surface area contributed by atoms with E-state index in [0.717, 1.165) is 25.3 Å². The van der Waals surface area contributed by atoms with Gasteiger partial charge in [0.05, 0.1) is 6.61 Å². The second-order valence-electron chi connectivity index (χ2n) is 9.04. The van der Waals surface area contributed by atoms with Crippen molar-refractivity contribution >= 4 is 5.97 Å². The first-order valence-electron chi connectivity index (χ1n) is 13.1. The van der Waals surface area contributed by atoms with Gasteiger partial charge in [-0.05, 0) is 66.0 Å². The summed E-state index contributed by atoms with van der Waals surface area (Å²) in [6, 6.07) is 0.789. The summed E-state index contributed by atoms with van der Waals surface area (Å²) < 4.78 is 4.94. The lowest BCUT2D eigenvalue weighted by Gasteiger charge is -2.24. The quantitative estimate of drug-likeness (QED) is 0.100. The minimum Gasteiger partial charge on any atom is -0.466 e. The Kier molecular flexibility index (Phi) is 22.2. The molecule has 0 bridgehead atoms. The van der Waals surface area contributed by atoms with E-state index in [1.807, 2.05) is 6.92 Å². The molecule has 0 fully saturated rings. The predicted molar refractivity (Wildman–Crippen MR) is 132 cm³/mol. The van der Waals surface area contributed by atoms with Gasteiger partial charge >= 0.3 is 5.97 Å². The van der Waals surface area contributed by atoms with Gasteiger partial charge in [0.2, 0.25) is 0 Å². The minimum absolute atomic E-state index is 0.0482. The molecule has 30 heavy (non-hydrogen) atoms. The maximum Gasteiger partial charge on any atom is 0.305 e. The Morgan fingerprint density at radius 1 is 0.733 bits per heavy atom. The van der Waals surface area contributed by atoms with Crippen molar-refractivity contribution in [2.24, 2.45) is 0 Å². The van der Waals surface area contributed by atoms with Crippen LogP contribution >= 0.6 is 0 Å². The second kappa shape index (κ2) is 22.8. The molecule has 0 aromatic carbocycles. The molecule has 0 aliphatic heterocycles. The van der Waals surface area contributed by atoms with E-state index in [-0.39, 0.29) is 5.97 Å². The lowest BCUT2D eigenvalue weighted by atomic mass is 9.99. The van der Waals surface area contributed by atoms with Crippen LogP contribution in [0.2, 0.25) is 0 Å². The number of esters is 1. The Labute approximate surface area is 189 Å². The molecule has 0 aliphatic rings. The van der Waals surface area contributed by atoms with Crippen LogP contribution in [0.1, 0.15) is 129 Å². The zero-order valence-corrected chi connectivity index (χ0v) is 20.9. The van der Waals surface area contributed by atoms with E-state index >= 15 is 0 Å². The van der Waals surface area contributed by atoms with Crippen molar-refractivity contribution in [2.45, 2.75) is 135 Å². The largest absolute Gasteiger partial charge is 0.466 e. The maximum absolute atomic E-state index is 11.2. The number of carbonyl (C=O) groups excluding carboxylic acids is 1. The van der Waals surface area contributed by atoms with E-state index in [2.05, 4.69) is 38.1 Å². The van der Waals surface area contributed by atoms with Gasteiger partial charge in [0, 0.05) is 12.5 Å². The Bertz CT molecular complexity index is 392. The third-order valence-corrected chi connectivity index (χ3v) is 6.00. The highest BCUT2D eigenvalue weighted by atomic mass is 16.5. The monoisotopic (exact) mass is 423 g/mol. The summed E-state index contributed by atoms with van der Waals surface area (Å²) in [5.74, 6) is -0.0482. The Morgan fingerprint density at radius 2 is 1.23 bits per heavy atom. The molecule has 1 unspecified atom stereocenters. The smallest absolute Gasteiger partial charge is 0.305 e. The molecule has 0 amide bonds. The predicted octanol–water partition coefficient (Wildman–Crippen LogP) is 8.08. The SMILES string of the molecule is CCCCCCC(CCCCCCCC/C=C\CCCCCC(=O)OCC)N(C)C. The normalized spacial score (nSPS) is 12.7. The van der Waals surface area contributed by atoms with Crippen LogP contribution in [0.5, 0.6) is 0 Å². The van der Waals surface area contributed by atoms with Gasteiger partial charge in [-0.1, -0.05) is 83.3 Å². The fraction of sp³-hybridized carbons (Fsp3) is 0.889. The van der Waals surface area contributed by atoms with Crippen molar-refractivity contribution in [3.8, 4) is 0 Å². The first-order valence-corrected chi connectivity index (χ1v) is 13.1. The molecule has 1 atom stereocenters. The zero-order chi connectivity index (χ0) is 22.3. The summed E-state index contributed by atoms with van der Waals surface area (Å²) in [4.78, 5) is 13.7. The molecule has 0 rings (SSSR count). The molecular weight excluding hydrogens is 370 g/mol. The van der Waals surface area contributed by atoms with Crippen molar-refractivity contribution in [3.05, 3.63) is 12.2 Å². The van der Waals surface area contributed by atoms with E-state index in [1.54, 1.807) is 0 Å². The molecule has 0 spiro atoms. The van der Waals surface area contributed by atoms with E-state index < -0.39 is 0 Å². The molecule has 0 aromatic heterocycles. The molecule has 0 N–H and O–H groups in total. The molecular formula is C27H53NO2. The first-order chi connectivity index (χ1) is 14.6. The van der Waals surface area contributed by atoms with Gasteiger partial charge in [-0.2, -0.15) is 0 Å². The Balaban J connectivity index is 3.41. The third kappa shape index (κ3) is 20.4. The highest BCUT2D eigenvalue weighted by Crippen LogP contribution is 2.16. The van der Waals surface area contributed by atoms with E-state index in [0.29, 0.717) is 13.0 Å². The molecule has 0 aromatic rings. The van der Waals surface area contributed by atoms with Crippen molar-refractivity contribution < 1.29 is 9.53 Å². The van der Waals surface area contributed by atoms with E-state index in [4.69, 9.17) is 4.74 Å². The lowest BCUT2D eigenvalue weighted by molar-refractivity contribution is -0.143. The highest BCUT2D eigenvalue weighted by Gasteiger charge is 2.10. The van der Waals surface area contributed by atoms with Gasteiger partial charge in [0.15, 0.2) is 0 Å². The van der Waals surface area contributed by atoms with E-state index in [9.17, 15) is 4.79 Å². The second-order valence-corrected chi connectivity index (χ2v) is 9.04. The summed E-state index contributed by atoms with van der Waals surface area (Å²) >= 11 is 0. The minimum atomic E-state index is -0.0482. The van der Waals surface area contributed by atoms with Crippen molar-refractivity contribution in [1.82, 2.24) is 4.90 Å². The molecule has 0 aliphatic carbocycles. The average molecular weight is 424 g/mol. The maximum atomic E-state index is 11.2. The fourth-order valence-electron chi connectivity index (χ4n) is 3.99. The third-order valence-electron chi connectivity index (χ3n) is 6.00. The first kappa shape index (κ1) is 29.2. The average Bonchev–Trinajstić information content (AvgIpc) is 2.72. The standard InChI is InChI=1S/C27H53NO2/c1-5-7-8-20-23-26(28(3)4)24-21-18-16-14-12-10-9-11-13-15-17-19-22-25-27(29)30-6-2/h11,13,26H,5-10,12,14-25H2,1-4H3/b13-11-. The van der Waals surface area contributed by atoms with Crippen LogP contribution in [0, 0.1) is 0 Å². The van der Waals surface area contributed by atoms with E-state index in [1.165, 1.54) is 89.9 Å². The lowest BCUT2D eigenvalue weighted by Crippen LogP contribution is -2.27. The molecule has 0 saturated carbocycles.